The molecule has 1 aromatic carbocycles. The Kier molecular flexibility index (Phi) is 3.88. The van der Waals surface area contributed by atoms with Crippen molar-refractivity contribution in [1.29, 1.82) is 0 Å². The van der Waals surface area contributed by atoms with Crippen LogP contribution in [0.1, 0.15) is 50.6 Å². The highest BCUT2D eigenvalue weighted by molar-refractivity contribution is 8.00. The fourth-order valence-electron chi connectivity index (χ4n) is 3.07. The molecule has 1 aliphatic carbocycles. The first kappa shape index (κ1) is 13.5. The lowest BCUT2D eigenvalue weighted by Crippen LogP contribution is -2.46. The van der Waals surface area contributed by atoms with Crippen molar-refractivity contribution in [2.24, 2.45) is 5.73 Å². The summed E-state index contributed by atoms with van der Waals surface area (Å²) in [7, 11) is 0. The normalized spacial score (nSPS) is 26.9. The van der Waals surface area contributed by atoms with Crippen LogP contribution >= 0.6 is 11.8 Å². The van der Waals surface area contributed by atoms with Gasteiger partial charge in [0.1, 0.15) is 0 Å². The highest BCUT2D eigenvalue weighted by atomic mass is 32.2. The summed E-state index contributed by atoms with van der Waals surface area (Å²) in [6, 6.07) is 8.82. The molecule has 2 fully saturated rings. The molecular weight excluding hydrogens is 254 g/mol. The molecule has 0 radical (unpaired) electrons. The van der Waals surface area contributed by atoms with Gasteiger partial charge in [0.25, 0.3) is 0 Å². The minimum absolute atomic E-state index is 0.119. The first-order chi connectivity index (χ1) is 9.17. The zero-order chi connectivity index (χ0) is 13.3. The second-order valence-corrected chi connectivity index (χ2v) is 7.35. The van der Waals surface area contributed by atoms with Crippen LogP contribution in [0.2, 0.25) is 0 Å². The Bertz CT molecular complexity index is 442. The summed E-state index contributed by atoms with van der Waals surface area (Å²) in [5.41, 5.74) is 7.44. The van der Waals surface area contributed by atoms with Crippen LogP contribution in [-0.4, -0.2) is 17.5 Å². The Balaban J connectivity index is 1.65. The van der Waals surface area contributed by atoms with E-state index in [9.17, 15) is 0 Å². The third-order valence-electron chi connectivity index (χ3n) is 4.40. The van der Waals surface area contributed by atoms with E-state index in [-0.39, 0.29) is 11.6 Å². The number of rotatable bonds is 3. The summed E-state index contributed by atoms with van der Waals surface area (Å²) in [6.07, 6.45) is 6.28. The van der Waals surface area contributed by atoms with E-state index in [0.29, 0.717) is 5.25 Å². The van der Waals surface area contributed by atoms with E-state index in [1.54, 1.807) is 0 Å². The minimum atomic E-state index is 0.119. The van der Waals surface area contributed by atoms with Gasteiger partial charge in [-0.2, -0.15) is 0 Å². The highest BCUT2D eigenvalue weighted by Crippen LogP contribution is 2.46. The summed E-state index contributed by atoms with van der Waals surface area (Å²) in [5.74, 6) is 0. The number of hydrogen-bond donors (Lipinski definition) is 1. The third kappa shape index (κ3) is 2.99. The molecular formula is C16H23NOS. The average Bonchev–Trinajstić information content (AvgIpc) is 2.37. The summed E-state index contributed by atoms with van der Waals surface area (Å²) in [6.45, 7) is 2.98. The van der Waals surface area contributed by atoms with E-state index >= 15 is 0 Å². The zero-order valence-corrected chi connectivity index (χ0v) is 12.4. The fraction of sp³-hybridized carbons (Fsp3) is 0.625. The molecule has 1 saturated carbocycles. The van der Waals surface area contributed by atoms with E-state index in [1.807, 2.05) is 18.7 Å². The largest absolute Gasteiger partial charge is 0.375 e. The van der Waals surface area contributed by atoms with Crippen LogP contribution in [0.4, 0.5) is 0 Å². The molecule has 2 unspecified atom stereocenters. The van der Waals surface area contributed by atoms with Crippen molar-refractivity contribution < 1.29 is 4.74 Å². The average molecular weight is 277 g/mol. The zero-order valence-electron chi connectivity index (χ0n) is 11.6. The van der Waals surface area contributed by atoms with Gasteiger partial charge in [0.05, 0.1) is 5.60 Å². The molecule has 1 spiro atoms. The molecule has 1 aromatic rings. The Hall–Kier alpha value is -0.510. The number of ether oxygens (including phenoxy) is 1. The minimum Gasteiger partial charge on any atom is -0.375 e. The van der Waals surface area contributed by atoms with Gasteiger partial charge in [-0.25, -0.2) is 0 Å². The van der Waals surface area contributed by atoms with Crippen molar-refractivity contribution >= 4 is 11.8 Å². The molecule has 2 aliphatic rings. The van der Waals surface area contributed by atoms with Gasteiger partial charge in [0.2, 0.25) is 0 Å². The predicted octanol–water partition coefficient (Wildman–Crippen LogP) is 3.90. The standard InChI is InChI=1S/C16H23NOS/c1-12(17)13-4-2-5-14(10-13)19-15-6-9-18-16(11-15)7-3-8-16/h2,4-5,10,12,15H,3,6-9,11,17H2,1H3. The maximum absolute atomic E-state index is 6.00. The lowest BCUT2D eigenvalue weighted by atomic mass is 9.75. The van der Waals surface area contributed by atoms with Gasteiger partial charge in [0, 0.05) is 22.8 Å². The van der Waals surface area contributed by atoms with Gasteiger partial charge < -0.3 is 10.5 Å². The van der Waals surface area contributed by atoms with E-state index in [2.05, 4.69) is 24.3 Å². The quantitative estimate of drug-likeness (QED) is 0.910. The Labute approximate surface area is 120 Å². The second kappa shape index (κ2) is 5.47. The Morgan fingerprint density at radius 3 is 2.95 bits per heavy atom. The van der Waals surface area contributed by atoms with Crippen LogP contribution < -0.4 is 5.73 Å². The van der Waals surface area contributed by atoms with Gasteiger partial charge in [0.15, 0.2) is 0 Å². The fourth-order valence-corrected chi connectivity index (χ4v) is 4.41. The van der Waals surface area contributed by atoms with E-state index in [4.69, 9.17) is 10.5 Å². The monoisotopic (exact) mass is 277 g/mol. The van der Waals surface area contributed by atoms with Crippen molar-refractivity contribution in [3.8, 4) is 0 Å². The van der Waals surface area contributed by atoms with Crippen molar-refractivity contribution in [1.82, 2.24) is 0 Å². The van der Waals surface area contributed by atoms with Crippen molar-refractivity contribution in [2.75, 3.05) is 6.61 Å². The molecule has 1 heterocycles. The van der Waals surface area contributed by atoms with E-state index < -0.39 is 0 Å². The second-order valence-electron chi connectivity index (χ2n) is 5.98. The molecule has 19 heavy (non-hydrogen) atoms. The van der Waals surface area contributed by atoms with E-state index in [1.165, 1.54) is 42.6 Å². The van der Waals surface area contributed by atoms with Gasteiger partial charge in [-0.05, 0) is 56.7 Å². The highest BCUT2D eigenvalue weighted by Gasteiger charge is 2.42. The number of benzene rings is 1. The molecule has 1 aliphatic heterocycles. The van der Waals surface area contributed by atoms with Crippen LogP contribution in [0.15, 0.2) is 29.2 Å². The predicted molar refractivity (Wildman–Crippen MR) is 80.5 cm³/mol. The molecule has 104 valence electrons. The summed E-state index contributed by atoms with van der Waals surface area (Å²) in [4.78, 5) is 1.36. The first-order valence-corrected chi connectivity index (χ1v) is 8.21. The van der Waals surface area contributed by atoms with Gasteiger partial charge >= 0.3 is 0 Å². The molecule has 0 aromatic heterocycles. The molecule has 0 bridgehead atoms. The summed E-state index contributed by atoms with van der Waals surface area (Å²) < 4.78 is 6.00. The van der Waals surface area contributed by atoms with Gasteiger partial charge in [-0.15, -0.1) is 11.8 Å². The third-order valence-corrected chi connectivity index (χ3v) is 5.66. The van der Waals surface area contributed by atoms with Crippen LogP contribution in [0.3, 0.4) is 0 Å². The SMILES string of the molecule is CC(N)c1cccc(SC2CCOC3(CCC3)C2)c1. The first-order valence-electron chi connectivity index (χ1n) is 7.33. The molecule has 1 saturated heterocycles. The van der Waals surface area contributed by atoms with Gasteiger partial charge in [-0.1, -0.05) is 12.1 Å². The number of nitrogens with two attached hydrogens (primary N) is 1. The molecule has 3 heteroatoms. The summed E-state index contributed by atoms with van der Waals surface area (Å²) in [5, 5.41) is 0.706. The van der Waals surface area contributed by atoms with Crippen LogP contribution in [-0.2, 0) is 4.74 Å². The molecule has 2 atom stereocenters. The topological polar surface area (TPSA) is 35.2 Å². The maximum atomic E-state index is 6.00. The molecule has 2 nitrogen and oxygen atoms in total. The van der Waals surface area contributed by atoms with Gasteiger partial charge in [-0.3, -0.25) is 0 Å². The van der Waals surface area contributed by atoms with Crippen LogP contribution in [0.25, 0.3) is 0 Å². The Morgan fingerprint density at radius 2 is 2.26 bits per heavy atom. The summed E-state index contributed by atoms with van der Waals surface area (Å²) >= 11 is 2.01. The Morgan fingerprint density at radius 1 is 1.42 bits per heavy atom. The van der Waals surface area contributed by atoms with Crippen molar-refractivity contribution in [3.63, 3.8) is 0 Å². The number of thioether (sulfide) groups is 1. The lowest BCUT2D eigenvalue weighted by Gasteiger charge is -2.47. The van der Waals surface area contributed by atoms with Crippen molar-refractivity contribution in [2.45, 2.75) is 60.8 Å². The van der Waals surface area contributed by atoms with Crippen LogP contribution in [0, 0.1) is 0 Å². The maximum Gasteiger partial charge on any atom is 0.0693 e. The van der Waals surface area contributed by atoms with E-state index in [0.717, 1.165) is 6.61 Å². The molecule has 2 N–H and O–H groups in total. The smallest absolute Gasteiger partial charge is 0.0693 e. The van der Waals surface area contributed by atoms with Crippen LogP contribution in [0.5, 0.6) is 0 Å². The van der Waals surface area contributed by atoms with Crippen molar-refractivity contribution in [3.05, 3.63) is 29.8 Å². The lowest BCUT2D eigenvalue weighted by molar-refractivity contribution is -0.125. The number of hydrogen-bond acceptors (Lipinski definition) is 3. The molecule has 3 rings (SSSR count). The molecule has 0 amide bonds.